The molecular formula is C16H31NO2Si2. The van der Waals surface area contributed by atoms with Crippen molar-refractivity contribution < 1.29 is 9.22 Å². The van der Waals surface area contributed by atoms with Crippen molar-refractivity contribution in [2.24, 2.45) is 5.92 Å². The number of β-lactam (4-membered cyclic amide) rings is 1. The topological polar surface area (TPSA) is 38.3 Å². The summed E-state index contributed by atoms with van der Waals surface area (Å²) < 4.78 is 6.36. The molecule has 0 aromatic rings. The van der Waals surface area contributed by atoms with Crippen molar-refractivity contribution in [2.75, 3.05) is 0 Å². The number of amides is 1. The van der Waals surface area contributed by atoms with Gasteiger partial charge >= 0.3 is 0 Å². The zero-order chi connectivity index (χ0) is 16.6. The molecule has 1 N–H and O–H groups in total. The number of carbonyl (C=O) groups excluding carboxylic acids is 1. The van der Waals surface area contributed by atoms with E-state index in [-0.39, 0.29) is 29.0 Å². The van der Waals surface area contributed by atoms with Crippen molar-refractivity contribution in [3.8, 4) is 11.5 Å². The van der Waals surface area contributed by atoms with Crippen LogP contribution in [0.5, 0.6) is 0 Å². The highest BCUT2D eigenvalue weighted by molar-refractivity contribution is 6.83. The van der Waals surface area contributed by atoms with Gasteiger partial charge in [0.15, 0.2) is 8.32 Å². The standard InChI is InChI=1S/C16H31NO2Si2/c1-12(19-21(8,9)16(2,3)4)14-13(17-15(14)18)10-11-20(5,6)7/h12-14H,1-9H3,(H,17,18)/t12-,13-,14-/m1/s1. The number of nitrogens with one attached hydrogen (secondary N) is 1. The van der Waals surface area contributed by atoms with Gasteiger partial charge in [-0.3, -0.25) is 4.79 Å². The van der Waals surface area contributed by atoms with Gasteiger partial charge in [0, 0.05) is 0 Å². The van der Waals surface area contributed by atoms with Crippen LogP contribution in [0.25, 0.3) is 0 Å². The second-order valence-corrected chi connectivity index (χ2v) is 18.1. The van der Waals surface area contributed by atoms with Crippen molar-refractivity contribution in [1.29, 1.82) is 0 Å². The minimum absolute atomic E-state index is 0.0380. The van der Waals surface area contributed by atoms with E-state index in [1.807, 2.05) is 6.92 Å². The Hall–Kier alpha value is -0.576. The van der Waals surface area contributed by atoms with E-state index in [1.165, 1.54) is 0 Å². The van der Waals surface area contributed by atoms with Crippen molar-refractivity contribution in [1.82, 2.24) is 5.32 Å². The molecule has 120 valence electrons. The van der Waals surface area contributed by atoms with E-state index in [1.54, 1.807) is 0 Å². The zero-order valence-electron chi connectivity index (χ0n) is 15.0. The summed E-state index contributed by atoms with van der Waals surface area (Å²) in [4.78, 5) is 11.9. The third-order valence-electron chi connectivity index (χ3n) is 4.35. The second kappa shape index (κ2) is 5.90. The molecule has 1 fully saturated rings. The lowest BCUT2D eigenvalue weighted by Gasteiger charge is -2.44. The maximum Gasteiger partial charge on any atom is 0.229 e. The predicted octanol–water partition coefficient (Wildman–Crippen LogP) is 3.39. The Morgan fingerprint density at radius 1 is 1.19 bits per heavy atom. The predicted molar refractivity (Wildman–Crippen MR) is 94.3 cm³/mol. The fourth-order valence-electron chi connectivity index (χ4n) is 2.01. The summed E-state index contributed by atoms with van der Waals surface area (Å²) in [6, 6.07) is -0.0380. The molecule has 0 bridgehead atoms. The van der Waals surface area contributed by atoms with Gasteiger partial charge < -0.3 is 9.74 Å². The normalized spacial score (nSPS) is 24.5. The Kier molecular flexibility index (Phi) is 5.19. The van der Waals surface area contributed by atoms with E-state index >= 15 is 0 Å². The molecule has 1 aliphatic heterocycles. The Labute approximate surface area is 132 Å². The summed E-state index contributed by atoms with van der Waals surface area (Å²) >= 11 is 0. The molecule has 1 rings (SSSR count). The van der Waals surface area contributed by atoms with Crippen molar-refractivity contribution in [3.63, 3.8) is 0 Å². The van der Waals surface area contributed by atoms with Gasteiger partial charge in [-0.2, -0.15) is 0 Å². The Bertz CT molecular complexity index is 463. The van der Waals surface area contributed by atoms with Gasteiger partial charge in [-0.05, 0) is 25.1 Å². The first-order valence-electron chi connectivity index (χ1n) is 7.75. The largest absolute Gasteiger partial charge is 0.413 e. The third kappa shape index (κ3) is 4.70. The van der Waals surface area contributed by atoms with Crippen LogP contribution in [-0.4, -0.2) is 34.4 Å². The fraction of sp³-hybridized carbons (Fsp3) is 0.812. The lowest BCUT2D eigenvalue weighted by atomic mass is 9.87. The first-order chi connectivity index (χ1) is 9.24. The average molecular weight is 326 g/mol. The fourth-order valence-corrected chi connectivity index (χ4v) is 4.03. The molecule has 0 saturated carbocycles. The Balaban J connectivity index is 2.79. The summed E-state index contributed by atoms with van der Waals surface area (Å²) in [5, 5.41) is 3.07. The molecular weight excluding hydrogens is 294 g/mol. The molecule has 5 heteroatoms. The molecule has 3 nitrogen and oxygen atoms in total. The minimum Gasteiger partial charge on any atom is -0.413 e. The van der Waals surface area contributed by atoms with Gasteiger partial charge in [-0.15, -0.1) is 5.54 Å². The highest BCUT2D eigenvalue weighted by Crippen LogP contribution is 2.38. The quantitative estimate of drug-likeness (QED) is 0.491. The van der Waals surface area contributed by atoms with Gasteiger partial charge in [0.05, 0.1) is 12.0 Å². The average Bonchev–Trinajstić information content (AvgIpc) is 2.19. The summed E-state index contributed by atoms with van der Waals surface area (Å²) in [6.07, 6.45) is -0.0689. The molecule has 21 heavy (non-hydrogen) atoms. The van der Waals surface area contributed by atoms with Gasteiger partial charge in [-0.25, -0.2) is 0 Å². The zero-order valence-corrected chi connectivity index (χ0v) is 17.0. The summed E-state index contributed by atoms with van der Waals surface area (Å²) in [6.45, 7) is 19.8. The molecule has 1 aliphatic rings. The van der Waals surface area contributed by atoms with Gasteiger partial charge in [0.2, 0.25) is 5.91 Å². The molecule has 1 saturated heterocycles. The van der Waals surface area contributed by atoms with Gasteiger partial charge in [-0.1, -0.05) is 46.3 Å². The molecule has 0 aliphatic carbocycles. The van der Waals surface area contributed by atoms with E-state index in [0.29, 0.717) is 0 Å². The number of hydrogen-bond acceptors (Lipinski definition) is 2. The lowest BCUT2D eigenvalue weighted by molar-refractivity contribution is -0.137. The van der Waals surface area contributed by atoms with Crippen molar-refractivity contribution in [2.45, 2.75) is 77.6 Å². The molecule has 0 spiro atoms. The molecule has 1 amide bonds. The SMILES string of the molecule is C[C@@H](O[Si](C)(C)C(C)(C)C)[C@H]1C(=O)N[C@@H]1C#C[Si](C)(C)C. The molecule has 0 radical (unpaired) electrons. The Morgan fingerprint density at radius 2 is 1.71 bits per heavy atom. The van der Waals surface area contributed by atoms with Crippen molar-refractivity contribution >= 4 is 22.3 Å². The van der Waals surface area contributed by atoms with E-state index in [2.05, 4.69) is 70.3 Å². The van der Waals surface area contributed by atoms with Crippen LogP contribution in [0, 0.1) is 17.4 Å². The van der Waals surface area contributed by atoms with E-state index in [0.717, 1.165) is 0 Å². The Morgan fingerprint density at radius 3 is 2.10 bits per heavy atom. The van der Waals surface area contributed by atoms with E-state index in [4.69, 9.17) is 4.43 Å². The summed E-state index contributed by atoms with van der Waals surface area (Å²) in [5.41, 5.74) is 3.35. The second-order valence-electron chi connectivity index (χ2n) is 8.61. The summed E-state index contributed by atoms with van der Waals surface area (Å²) in [5.74, 6) is 3.22. The van der Waals surface area contributed by atoms with E-state index in [9.17, 15) is 4.79 Å². The first kappa shape index (κ1) is 18.5. The van der Waals surface area contributed by atoms with Crippen LogP contribution < -0.4 is 5.32 Å². The first-order valence-corrected chi connectivity index (χ1v) is 14.2. The molecule has 0 unspecified atom stereocenters. The smallest absolute Gasteiger partial charge is 0.229 e. The van der Waals surface area contributed by atoms with E-state index < -0.39 is 16.4 Å². The van der Waals surface area contributed by atoms with Crippen LogP contribution >= 0.6 is 0 Å². The van der Waals surface area contributed by atoms with Crippen LogP contribution in [0.2, 0.25) is 37.8 Å². The van der Waals surface area contributed by atoms with Crippen LogP contribution in [0.15, 0.2) is 0 Å². The molecule has 1 heterocycles. The van der Waals surface area contributed by atoms with Crippen molar-refractivity contribution in [3.05, 3.63) is 0 Å². The van der Waals surface area contributed by atoms with Crippen LogP contribution in [0.1, 0.15) is 27.7 Å². The summed E-state index contributed by atoms with van der Waals surface area (Å²) in [7, 11) is -3.26. The lowest BCUT2D eigenvalue weighted by Crippen LogP contribution is -2.63. The number of hydrogen-bond donors (Lipinski definition) is 1. The maximum atomic E-state index is 11.9. The number of carbonyl (C=O) groups is 1. The molecule has 0 aromatic heterocycles. The minimum atomic E-state index is -1.85. The molecule has 3 atom stereocenters. The van der Waals surface area contributed by atoms with Gasteiger partial charge in [0.1, 0.15) is 14.1 Å². The number of rotatable bonds is 3. The highest BCUT2D eigenvalue weighted by atomic mass is 28.4. The van der Waals surface area contributed by atoms with Crippen LogP contribution in [-0.2, 0) is 9.22 Å². The monoisotopic (exact) mass is 325 g/mol. The van der Waals surface area contributed by atoms with Crippen LogP contribution in [0.3, 0.4) is 0 Å². The third-order valence-corrected chi connectivity index (χ3v) is 9.82. The highest BCUT2D eigenvalue weighted by Gasteiger charge is 2.46. The molecule has 0 aromatic carbocycles. The van der Waals surface area contributed by atoms with Crippen LogP contribution in [0.4, 0.5) is 0 Å². The van der Waals surface area contributed by atoms with Gasteiger partial charge in [0.25, 0.3) is 0 Å². The maximum absolute atomic E-state index is 11.9.